The maximum atomic E-state index is 2.50. The standard InChI is InChI=1S/C44H29NS/c1-3-12-28(13-4-1)30-22-24-37-39(27-30)45(32-16-5-2-6-17-32)43-35-19-9-10-20-36(35)44-42(41(37)43)38-26-31(23-25-40(38)46-44)34-21-11-15-29-14-7-8-18-33(29)34/h1-6,8-13,15-27H,7,14H2. The molecule has 0 N–H and O–H groups in total. The molecule has 7 aromatic carbocycles. The zero-order valence-electron chi connectivity index (χ0n) is 25.2. The number of hydrogen-bond donors (Lipinski definition) is 0. The van der Waals surface area contributed by atoms with E-state index in [2.05, 4.69) is 156 Å². The normalized spacial score (nSPS) is 13.0. The smallest absolute Gasteiger partial charge is 0.0626 e. The monoisotopic (exact) mass is 603 g/mol. The highest BCUT2D eigenvalue weighted by Gasteiger charge is 2.23. The summed E-state index contributed by atoms with van der Waals surface area (Å²) >= 11 is 1.93. The van der Waals surface area contributed by atoms with Crippen molar-refractivity contribution < 1.29 is 0 Å². The zero-order valence-corrected chi connectivity index (χ0v) is 26.0. The molecule has 0 saturated heterocycles. The van der Waals surface area contributed by atoms with Crippen molar-refractivity contribution in [3.05, 3.63) is 157 Å². The number of fused-ring (bicyclic) bond motifs is 11. The van der Waals surface area contributed by atoms with Crippen LogP contribution in [0.1, 0.15) is 17.5 Å². The van der Waals surface area contributed by atoms with Gasteiger partial charge in [0.15, 0.2) is 0 Å². The molecule has 2 heterocycles. The predicted molar refractivity (Wildman–Crippen MR) is 199 cm³/mol. The van der Waals surface area contributed by atoms with Crippen molar-refractivity contribution >= 4 is 70.2 Å². The minimum atomic E-state index is 1.11. The van der Waals surface area contributed by atoms with Gasteiger partial charge in [0.2, 0.25) is 0 Å². The van der Waals surface area contributed by atoms with Crippen LogP contribution in [0.25, 0.3) is 86.8 Å². The van der Waals surface area contributed by atoms with Crippen molar-refractivity contribution in [2.75, 3.05) is 0 Å². The minimum absolute atomic E-state index is 1.11. The maximum Gasteiger partial charge on any atom is 0.0626 e. The lowest BCUT2D eigenvalue weighted by atomic mass is 9.89. The topological polar surface area (TPSA) is 4.93 Å². The van der Waals surface area contributed by atoms with Gasteiger partial charge in [-0.15, -0.1) is 11.3 Å². The Kier molecular flexibility index (Phi) is 5.64. The highest BCUT2D eigenvalue weighted by molar-refractivity contribution is 7.27. The number of aryl methyl sites for hydroxylation is 1. The number of aromatic nitrogens is 1. The molecule has 2 aromatic heterocycles. The fourth-order valence-electron chi connectivity index (χ4n) is 7.76. The van der Waals surface area contributed by atoms with Gasteiger partial charge < -0.3 is 4.57 Å². The van der Waals surface area contributed by atoms with Gasteiger partial charge in [0.25, 0.3) is 0 Å². The molecular formula is C44H29NS. The van der Waals surface area contributed by atoms with Gasteiger partial charge in [0.1, 0.15) is 0 Å². The molecule has 0 atom stereocenters. The van der Waals surface area contributed by atoms with Crippen LogP contribution in [0, 0.1) is 0 Å². The zero-order chi connectivity index (χ0) is 30.2. The highest BCUT2D eigenvalue weighted by Crippen LogP contribution is 2.49. The lowest BCUT2D eigenvalue weighted by Gasteiger charge is -2.15. The van der Waals surface area contributed by atoms with Crippen LogP contribution in [0.3, 0.4) is 0 Å². The van der Waals surface area contributed by atoms with E-state index in [-0.39, 0.29) is 0 Å². The van der Waals surface area contributed by atoms with E-state index in [9.17, 15) is 0 Å². The first-order valence-electron chi connectivity index (χ1n) is 16.1. The summed E-state index contributed by atoms with van der Waals surface area (Å²) in [5, 5.41) is 7.94. The molecule has 10 rings (SSSR count). The number of hydrogen-bond acceptors (Lipinski definition) is 1. The van der Waals surface area contributed by atoms with E-state index in [1.807, 2.05) is 11.3 Å². The van der Waals surface area contributed by atoms with Crippen LogP contribution < -0.4 is 0 Å². The Morgan fingerprint density at radius 1 is 0.543 bits per heavy atom. The summed E-state index contributed by atoms with van der Waals surface area (Å²) in [5.41, 5.74) is 11.6. The molecule has 0 unspecified atom stereocenters. The Balaban J connectivity index is 1.38. The van der Waals surface area contributed by atoms with Crippen LogP contribution in [-0.4, -0.2) is 4.57 Å². The number of thiophene rings is 1. The molecule has 0 radical (unpaired) electrons. The average molecular weight is 604 g/mol. The molecule has 9 aromatic rings. The second kappa shape index (κ2) is 10.0. The van der Waals surface area contributed by atoms with Crippen molar-refractivity contribution in [2.24, 2.45) is 0 Å². The molecule has 1 aliphatic carbocycles. The first kappa shape index (κ1) is 25.8. The fourth-order valence-corrected chi connectivity index (χ4v) is 8.99. The first-order chi connectivity index (χ1) is 22.8. The van der Waals surface area contributed by atoms with Crippen molar-refractivity contribution in [1.29, 1.82) is 0 Å². The van der Waals surface area contributed by atoms with Gasteiger partial charge in [-0.3, -0.25) is 0 Å². The van der Waals surface area contributed by atoms with Gasteiger partial charge in [0.05, 0.1) is 11.0 Å². The molecule has 0 bridgehead atoms. The molecule has 0 aliphatic heterocycles. The fraction of sp³-hybridized carbons (Fsp3) is 0.0455. The largest absolute Gasteiger partial charge is 0.309 e. The van der Waals surface area contributed by atoms with E-state index in [4.69, 9.17) is 0 Å². The Labute approximate surface area is 271 Å². The molecule has 0 spiro atoms. The van der Waals surface area contributed by atoms with E-state index < -0.39 is 0 Å². The molecule has 0 amide bonds. The van der Waals surface area contributed by atoms with Gasteiger partial charge in [-0.25, -0.2) is 0 Å². The second-order valence-corrected chi connectivity index (χ2v) is 13.4. The molecule has 1 nitrogen and oxygen atoms in total. The molecule has 216 valence electrons. The number of allylic oxidation sites excluding steroid dienone is 1. The number of para-hydroxylation sites is 1. The Morgan fingerprint density at radius 3 is 2.20 bits per heavy atom. The van der Waals surface area contributed by atoms with Crippen molar-refractivity contribution in [3.8, 4) is 27.9 Å². The second-order valence-electron chi connectivity index (χ2n) is 12.4. The predicted octanol–water partition coefficient (Wildman–Crippen LogP) is 12.6. The average Bonchev–Trinajstić information content (AvgIpc) is 3.68. The molecule has 46 heavy (non-hydrogen) atoms. The quantitative estimate of drug-likeness (QED) is 0.189. The number of rotatable bonds is 3. The highest BCUT2D eigenvalue weighted by atomic mass is 32.1. The Bertz CT molecular complexity index is 2670. The van der Waals surface area contributed by atoms with E-state index in [1.54, 1.807) is 0 Å². The van der Waals surface area contributed by atoms with Crippen LogP contribution >= 0.6 is 11.3 Å². The first-order valence-corrected chi connectivity index (χ1v) is 16.9. The summed E-state index contributed by atoms with van der Waals surface area (Å²) in [5.74, 6) is 0. The summed E-state index contributed by atoms with van der Waals surface area (Å²) in [6.07, 6.45) is 6.88. The Hall–Kier alpha value is -5.44. The van der Waals surface area contributed by atoms with Crippen LogP contribution in [0.15, 0.2) is 146 Å². The van der Waals surface area contributed by atoms with Gasteiger partial charge >= 0.3 is 0 Å². The molecule has 1 aliphatic rings. The third kappa shape index (κ3) is 3.74. The lowest BCUT2D eigenvalue weighted by Crippen LogP contribution is -1.96. The van der Waals surface area contributed by atoms with Crippen LogP contribution in [-0.2, 0) is 6.42 Å². The maximum absolute atomic E-state index is 2.50. The third-order valence-electron chi connectivity index (χ3n) is 9.83. The van der Waals surface area contributed by atoms with Crippen molar-refractivity contribution in [2.45, 2.75) is 12.8 Å². The van der Waals surface area contributed by atoms with Crippen molar-refractivity contribution in [3.63, 3.8) is 0 Å². The summed E-state index contributed by atoms with van der Waals surface area (Å²) < 4.78 is 5.20. The molecule has 0 fully saturated rings. The van der Waals surface area contributed by atoms with E-state index in [0.717, 1.165) is 12.8 Å². The van der Waals surface area contributed by atoms with E-state index in [1.165, 1.54) is 91.8 Å². The molecular weight excluding hydrogens is 575 g/mol. The molecule has 0 saturated carbocycles. The van der Waals surface area contributed by atoms with Crippen molar-refractivity contribution in [1.82, 2.24) is 4.57 Å². The van der Waals surface area contributed by atoms with Crippen LogP contribution in [0.2, 0.25) is 0 Å². The summed E-state index contributed by atoms with van der Waals surface area (Å²) in [4.78, 5) is 0. The van der Waals surface area contributed by atoms with Gasteiger partial charge in [0, 0.05) is 47.4 Å². The Morgan fingerprint density at radius 2 is 1.33 bits per heavy atom. The lowest BCUT2D eigenvalue weighted by molar-refractivity contribution is 0.986. The number of nitrogens with zero attached hydrogens (tertiary/aromatic N) is 1. The van der Waals surface area contributed by atoms with E-state index in [0.29, 0.717) is 0 Å². The number of benzene rings is 7. The van der Waals surface area contributed by atoms with Crippen LogP contribution in [0.5, 0.6) is 0 Å². The van der Waals surface area contributed by atoms with E-state index >= 15 is 0 Å². The molecule has 2 heteroatoms. The van der Waals surface area contributed by atoms with Gasteiger partial charge in [-0.05, 0) is 76.6 Å². The summed E-state index contributed by atoms with van der Waals surface area (Å²) in [7, 11) is 0. The van der Waals surface area contributed by atoms with Gasteiger partial charge in [-0.1, -0.05) is 121 Å². The summed E-state index contributed by atoms with van der Waals surface area (Å²) in [6, 6.07) is 51.6. The van der Waals surface area contributed by atoms with Crippen LogP contribution in [0.4, 0.5) is 0 Å². The summed E-state index contributed by atoms with van der Waals surface area (Å²) in [6.45, 7) is 0. The SMILES string of the molecule is C1=Cc2c(cccc2-c2ccc3sc4c5ccccc5c5c(c6ccc(-c7ccccc7)cc6n5-c5ccccc5)c4c3c2)CC1. The minimum Gasteiger partial charge on any atom is -0.309 e. The third-order valence-corrected chi connectivity index (χ3v) is 11.0. The van der Waals surface area contributed by atoms with Gasteiger partial charge in [-0.2, -0.15) is 0 Å².